The monoisotopic (exact) mass is 680 g/mol. The first-order valence-electron chi connectivity index (χ1n) is 15.3. The summed E-state index contributed by atoms with van der Waals surface area (Å²) in [6.07, 6.45) is 0.0854. The Morgan fingerprint density at radius 3 is 2.53 bits per heavy atom. The highest BCUT2D eigenvalue weighted by Gasteiger charge is 2.35. The number of H-pyrrole nitrogens is 1. The van der Waals surface area contributed by atoms with Crippen LogP contribution in [0.25, 0.3) is 11.3 Å². The van der Waals surface area contributed by atoms with Crippen molar-refractivity contribution in [3.8, 4) is 11.3 Å². The molecule has 0 spiro atoms. The fourth-order valence-corrected chi connectivity index (χ4v) is 7.03. The molecule has 1 aromatic carbocycles. The zero-order chi connectivity index (χ0) is 34.1. The number of aliphatic hydroxyl groups is 1. The van der Waals surface area contributed by atoms with E-state index in [1.165, 1.54) is 28.8 Å². The van der Waals surface area contributed by atoms with Gasteiger partial charge in [0.05, 0.1) is 30.2 Å². The number of carbonyl (C=O) groups is 1. The molecule has 2 aromatic heterocycles. The molecule has 47 heavy (non-hydrogen) atoms. The minimum atomic E-state index is -4.67. The summed E-state index contributed by atoms with van der Waals surface area (Å²) in [4.78, 5) is 26.2. The predicted molar refractivity (Wildman–Crippen MR) is 166 cm³/mol. The summed E-state index contributed by atoms with van der Waals surface area (Å²) in [5, 5.41) is 24.5. The van der Waals surface area contributed by atoms with Crippen molar-refractivity contribution in [1.29, 1.82) is 0 Å². The molecule has 5 rings (SSSR count). The number of carbonyl (C=O) groups excluding carboxylic acids is 1. The average Bonchev–Trinajstić information content (AvgIpc) is 3.58. The van der Waals surface area contributed by atoms with Crippen molar-refractivity contribution in [2.45, 2.75) is 71.1 Å². The van der Waals surface area contributed by atoms with E-state index in [0.717, 1.165) is 12.3 Å². The second-order valence-electron chi connectivity index (χ2n) is 12.4. The number of likely N-dealkylation sites (tertiary alicyclic amines) is 1. The lowest BCUT2D eigenvalue weighted by Crippen LogP contribution is -2.42. The van der Waals surface area contributed by atoms with Crippen molar-refractivity contribution in [2.75, 3.05) is 32.4 Å². The molecule has 256 valence electrons. The zero-order valence-corrected chi connectivity index (χ0v) is 27.2. The number of aromatic amines is 1. The highest BCUT2D eigenvalue weighted by molar-refractivity contribution is 7.88. The lowest BCUT2D eigenvalue weighted by atomic mass is 9.97. The number of fused-ring (bicyclic) bond motifs is 1. The number of allylic oxidation sites excluding steroid dienone is 1. The van der Waals surface area contributed by atoms with Gasteiger partial charge in [0, 0.05) is 74.6 Å². The Labute approximate surface area is 270 Å². The van der Waals surface area contributed by atoms with E-state index in [4.69, 9.17) is 5.10 Å². The van der Waals surface area contributed by atoms with Crippen molar-refractivity contribution in [2.24, 2.45) is 0 Å². The van der Waals surface area contributed by atoms with Crippen LogP contribution in [0.15, 0.2) is 41.0 Å². The van der Waals surface area contributed by atoms with E-state index >= 15 is 0 Å². The number of nitrogens with one attached hydrogen (secondary N) is 2. The second kappa shape index (κ2) is 13.7. The molecule has 2 aliphatic heterocycles. The van der Waals surface area contributed by atoms with Crippen LogP contribution in [0.2, 0.25) is 0 Å². The fourth-order valence-electron chi connectivity index (χ4n) is 6.24. The van der Waals surface area contributed by atoms with Gasteiger partial charge in [0.15, 0.2) is 0 Å². The normalized spacial score (nSPS) is 17.3. The molecular formula is C30H39F3N8O5S. The van der Waals surface area contributed by atoms with Crippen LogP contribution < -0.4 is 11.0 Å². The second-order valence-corrected chi connectivity index (χ2v) is 14.3. The van der Waals surface area contributed by atoms with Crippen LogP contribution in [-0.4, -0.2) is 91.7 Å². The molecule has 1 unspecified atom stereocenters. The Morgan fingerprint density at radius 2 is 1.91 bits per heavy atom. The van der Waals surface area contributed by atoms with Gasteiger partial charge < -0.3 is 15.3 Å². The van der Waals surface area contributed by atoms with Crippen LogP contribution >= 0.6 is 0 Å². The first-order chi connectivity index (χ1) is 22.1. The number of aliphatic hydroxyl groups excluding tert-OH is 1. The summed E-state index contributed by atoms with van der Waals surface area (Å²) in [5.74, 6) is -0.525. The molecule has 3 aromatic rings. The SMILES string of the molecule is CC(C)=CC(=O)NCc1cc(-c2nn(CC(O)CN3CCC(n4cn[nH]c4=O)CC3)c3c2CN(S(C)(=O)=O)CC3)ccc1C(F)(F)F. The van der Waals surface area contributed by atoms with Gasteiger partial charge in [-0.2, -0.15) is 27.7 Å². The molecule has 4 heterocycles. The molecule has 2 aliphatic rings. The Morgan fingerprint density at radius 1 is 1.19 bits per heavy atom. The minimum absolute atomic E-state index is 0.0160. The molecule has 0 aliphatic carbocycles. The topological polar surface area (TPSA) is 158 Å². The molecule has 0 bridgehead atoms. The number of halogens is 3. The number of alkyl halides is 3. The van der Waals surface area contributed by atoms with E-state index in [1.807, 2.05) is 0 Å². The van der Waals surface area contributed by atoms with Crippen LogP contribution in [0, 0.1) is 0 Å². The molecule has 0 saturated carbocycles. The van der Waals surface area contributed by atoms with Gasteiger partial charge in [0.2, 0.25) is 15.9 Å². The highest BCUT2D eigenvalue weighted by Crippen LogP contribution is 2.37. The Bertz CT molecular complexity index is 1800. The molecule has 0 radical (unpaired) electrons. The maximum Gasteiger partial charge on any atom is 0.416 e. The number of rotatable bonds is 10. The first-order valence-corrected chi connectivity index (χ1v) is 17.1. The molecule has 17 heteroatoms. The Balaban J connectivity index is 1.40. The van der Waals surface area contributed by atoms with E-state index in [2.05, 4.69) is 20.4 Å². The summed E-state index contributed by atoms with van der Waals surface area (Å²) in [7, 11) is -3.58. The zero-order valence-electron chi connectivity index (χ0n) is 26.4. The molecule has 1 atom stereocenters. The fraction of sp³-hybridized carbons (Fsp3) is 0.533. The van der Waals surface area contributed by atoms with E-state index < -0.39 is 33.8 Å². The van der Waals surface area contributed by atoms with Crippen LogP contribution in [0.1, 0.15) is 55.1 Å². The van der Waals surface area contributed by atoms with Crippen LogP contribution in [0.5, 0.6) is 0 Å². The quantitative estimate of drug-likeness (QED) is 0.275. The van der Waals surface area contributed by atoms with Crippen LogP contribution in [0.4, 0.5) is 13.2 Å². The van der Waals surface area contributed by atoms with Gasteiger partial charge in [-0.15, -0.1) is 0 Å². The number of nitrogens with zero attached hydrogens (tertiary/aromatic N) is 6. The van der Waals surface area contributed by atoms with E-state index in [0.29, 0.717) is 67.0 Å². The lowest BCUT2D eigenvalue weighted by Gasteiger charge is -2.33. The van der Waals surface area contributed by atoms with Crippen molar-refractivity contribution in [1.82, 2.24) is 39.1 Å². The smallest absolute Gasteiger partial charge is 0.390 e. The molecule has 13 nitrogen and oxygen atoms in total. The number of hydrogen-bond acceptors (Lipinski definition) is 8. The van der Waals surface area contributed by atoms with E-state index in [-0.39, 0.29) is 43.5 Å². The summed E-state index contributed by atoms with van der Waals surface area (Å²) in [5.41, 5.74) is 1.28. The van der Waals surface area contributed by atoms with Gasteiger partial charge in [-0.3, -0.25) is 14.0 Å². The van der Waals surface area contributed by atoms with Gasteiger partial charge in [0.25, 0.3) is 0 Å². The van der Waals surface area contributed by atoms with Gasteiger partial charge >= 0.3 is 11.9 Å². The largest absolute Gasteiger partial charge is 0.416 e. The minimum Gasteiger partial charge on any atom is -0.390 e. The summed E-state index contributed by atoms with van der Waals surface area (Å²) in [6.45, 7) is 4.94. The van der Waals surface area contributed by atoms with Crippen molar-refractivity contribution in [3.05, 3.63) is 69.0 Å². The summed E-state index contributed by atoms with van der Waals surface area (Å²) in [6, 6.07) is 3.57. The van der Waals surface area contributed by atoms with Gasteiger partial charge in [-0.1, -0.05) is 11.6 Å². The third-order valence-electron chi connectivity index (χ3n) is 8.50. The molecule has 1 saturated heterocycles. The van der Waals surface area contributed by atoms with Gasteiger partial charge in [-0.05, 0) is 44.4 Å². The van der Waals surface area contributed by atoms with Crippen molar-refractivity contribution in [3.63, 3.8) is 0 Å². The third-order valence-corrected chi connectivity index (χ3v) is 9.75. The number of β-amino-alcohol motifs (C(OH)–C–C–N with tert-alkyl or cyclic N) is 1. The standard InChI is InChI=1S/C30H39F3N8O5S/c1-19(2)12-27(43)34-14-21-13-20(4-5-25(21)30(31,32)33)28-24-17-39(47(3,45)46)11-8-26(24)41(37-28)16-23(42)15-38-9-6-22(7-10-38)40-18-35-36-29(40)44/h4-5,12-13,18,22-23,42H,6-11,14-17H2,1-3H3,(H,34,43)(H,36,44). The first kappa shape index (κ1) is 34.5. The number of aromatic nitrogens is 5. The van der Waals surface area contributed by atoms with Crippen molar-refractivity contribution >= 4 is 15.9 Å². The predicted octanol–water partition coefficient (Wildman–Crippen LogP) is 2.05. The van der Waals surface area contributed by atoms with E-state index in [9.17, 15) is 36.3 Å². The number of amides is 1. The molecule has 1 fully saturated rings. The molecular weight excluding hydrogens is 641 g/mol. The maximum absolute atomic E-state index is 14.0. The number of piperidine rings is 1. The Hall–Kier alpha value is -3.80. The van der Waals surface area contributed by atoms with E-state index in [1.54, 1.807) is 23.1 Å². The van der Waals surface area contributed by atoms with Crippen LogP contribution in [-0.2, 0) is 47.0 Å². The average molecular weight is 681 g/mol. The highest BCUT2D eigenvalue weighted by atomic mass is 32.2. The number of sulfonamides is 1. The molecule has 1 amide bonds. The van der Waals surface area contributed by atoms with Crippen LogP contribution in [0.3, 0.4) is 0 Å². The Kier molecular flexibility index (Phi) is 10.1. The summed E-state index contributed by atoms with van der Waals surface area (Å²) < 4.78 is 71.3. The number of hydrogen-bond donors (Lipinski definition) is 3. The van der Waals surface area contributed by atoms with Gasteiger partial charge in [0.1, 0.15) is 6.33 Å². The molecule has 3 N–H and O–H groups in total. The lowest BCUT2D eigenvalue weighted by molar-refractivity contribution is -0.138. The van der Waals surface area contributed by atoms with Crippen molar-refractivity contribution < 1.29 is 31.5 Å². The summed E-state index contributed by atoms with van der Waals surface area (Å²) >= 11 is 0. The third kappa shape index (κ3) is 8.20. The maximum atomic E-state index is 14.0. The van der Waals surface area contributed by atoms with Gasteiger partial charge in [-0.25, -0.2) is 18.3 Å². The number of benzene rings is 1.